The second-order valence-corrected chi connectivity index (χ2v) is 8.89. The number of H-pyrrole nitrogens is 1. The largest absolute Gasteiger partial charge is 0.465 e. The topological polar surface area (TPSA) is 75.3 Å². The Kier molecular flexibility index (Phi) is 6.29. The van der Waals surface area contributed by atoms with Gasteiger partial charge in [0, 0.05) is 24.4 Å². The second-order valence-electron chi connectivity index (χ2n) is 8.89. The van der Waals surface area contributed by atoms with Crippen molar-refractivity contribution in [3.8, 4) is 0 Å². The van der Waals surface area contributed by atoms with Crippen molar-refractivity contribution in [2.24, 2.45) is 11.3 Å². The Morgan fingerprint density at radius 3 is 2.57 bits per heavy atom. The molecule has 30 heavy (non-hydrogen) atoms. The van der Waals surface area contributed by atoms with E-state index in [1.165, 1.54) is 19.1 Å². The number of rotatable bonds is 8. The summed E-state index contributed by atoms with van der Waals surface area (Å²) in [6.45, 7) is 10.2. The molecule has 7 heteroatoms. The van der Waals surface area contributed by atoms with Gasteiger partial charge in [-0.05, 0) is 36.5 Å². The van der Waals surface area contributed by atoms with Crippen LogP contribution in [0, 0.1) is 17.2 Å². The summed E-state index contributed by atoms with van der Waals surface area (Å²) in [5.41, 5.74) is 2.65. The van der Waals surface area contributed by atoms with Crippen molar-refractivity contribution in [1.29, 1.82) is 0 Å². The first-order valence-electron chi connectivity index (χ1n) is 10.4. The van der Waals surface area contributed by atoms with Crippen LogP contribution in [-0.4, -0.2) is 40.1 Å². The highest BCUT2D eigenvalue weighted by atomic mass is 19.1. The molecule has 2 aromatic rings. The summed E-state index contributed by atoms with van der Waals surface area (Å²) in [7, 11) is 0. The minimum Gasteiger partial charge on any atom is -0.465 e. The Bertz CT molecular complexity index is 922. The molecular formula is C23H30FN3O3. The highest BCUT2D eigenvalue weighted by molar-refractivity contribution is 5.98. The second kappa shape index (κ2) is 8.58. The van der Waals surface area contributed by atoms with Crippen molar-refractivity contribution in [2.45, 2.75) is 53.5 Å². The number of nitrogens with one attached hydrogen (secondary N) is 1. The van der Waals surface area contributed by atoms with Crippen LogP contribution < -0.4 is 0 Å². The predicted molar refractivity (Wildman–Crippen MR) is 111 cm³/mol. The molecule has 2 heterocycles. The summed E-state index contributed by atoms with van der Waals surface area (Å²) in [6, 6.07) is 5.91. The number of nitrogens with zero attached hydrogens (tertiary/aromatic N) is 2. The van der Waals surface area contributed by atoms with E-state index in [4.69, 9.17) is 4.74 Å². The molecule has 1 N–H and O–H groups in total. The first-order valence-corrected chi connectivity index (χ1v) is 10.4. The Morgan fingerprint density at radius 1 is 1.33 bits per heavy atom. The summed E-state index contributed by atoms with van der Waals surface area (Å²) >= 11 is 0. The fourth-order valence-electron chi connectivity index (χ4n) is 3.91. The number of aromatic nitrogens is 2. The van der Waals surface area contributed by atoms with Crippen molar-refractivity contribution in [3.05, 3.63) is 52.6 Å². The van der Waals surface area contributed by atoms with Crippen LogP contribution in [0.5, 0.6) is 0 Å². The summed E-state index contributed by atoms with van der Waals surface area (Å²) in [6.07, 6.45) is 1.47. The average Bonchev–Trinajstić information content (AvgIpc) is 3.20. The van der Waals surface area contributed by atoms with E-state index in [2.05, 4.69) is 24.0 Å². The minimum absolute atomic E-state index is 0.135. The third-order valence-electron chi connectivity index (χ3n) is 5.76. The van der Waals surface area contributed by atoms with Crippen LogP contribution in [0.15, 0.2) is 24.3 Å². The number of fused-ring (bicyclic) bond motifs is 1. The van der Waals surface area contributed by atoms with Gasteiger partial charge in [-0.1, -0.05) is 39.8 Å². The number of carbonyl (C=O) groups is 2. The van der Waals surface area contributed by atoms with E-state index in [1.54, 1.807) is 17.0 Å². The van der Waals surface area contributed by atoms with Crippen LogP contribution in [0.25, 0.3) is 0 Å². The number of amides is 1. The van der Waals surface area contributed by atoms with E-state index in [-0.39, 0.29) is 30.3 Å². The lowest BCUT2D eigenvalue weighted by Crippen LogP contribution is -2.41. The van der Waals surface area contributed by atoms with E-state index < -0.39 is 5.41 Å². The van der Waals surface area contributed by atoms with Crippen molar-refractivity contribution >= 4 is 11.9 Å². The quantitative estimate of drug-likeness (QED) is 0.653. The van der Waals surface area contributed by atoms with Gasteiger partial charge in [-0.3, -0.25) is 14.7 Å². The van der Waals surface area contributed by atoms with Gasteiger partial charge >= 0.3 is 5.97 Å². The molecule has 1 aromatic heterocycles. The summed E-state index contributed by atoms with van der Waals surface area (Å²) in [4.78, 5) is 26.5. The van der Waals surface area contributed by atoms with Gasteiger partial charge in [0.25, 0.3) is 5.91 Å². The normalized spacial score (nSPS) is 17.9. The molecule has 0 saturated heterocycles. The van der Waals surface area contributed by atoms with Crippen LogP contribution in [0.3, 0.4) is 0 Å². The number of carbonyl (C=O) groups excluding carboxylic acids is 2. The number of aromatic amines is 1. The Hall–Kier alpha value is -2.70. The zero-order chi connectivity index (χ0) is 22.1. The van der Waals surface area contributed by atoms with E-state index in [9.17, 15) is 14.0 Å². The molecule has 3 rings (SSSR count). The molecular weight excluding hydrogens is 385 g/mol. The molecule has 0 spiro atoms. The Morgan fingerprint density at radius 2 is 2.00 bits per heavy atom. The number of benzene rings is 1. The van der Waals surface area contributed by atoms with Crippen molar-refractivity contribution in [1.82, 2.24) is 15.1 Å². The van der Waals surface area contributed by atoms with Crippen LogP contribution in [0.2, 0.25) is 0 Å². The number of halogens is 1. The van der Waals surface area contributed by atoms with Gasteiger partial charge < -0.3 is 9.64 Å². The van der Waals surface area contributed by atoms with Gasteiger partial charge in [0.15, 0.2) is 0 Å². The average molecular weight is 416 g/mol. The standard InChI is InChI=1S/C23H30FN3O3/c1-6-23(5,13-30-15(4)28)12-27-21(16-7-9-17(24)10-8-16)19-18(11-14(2)3)25-26-20(19)22(27)29/h7-10,14,21H,6,11-13H2,1-5H3,(H,25,26). The van der Waals surface area contributed by atoms with Gasteiger partial charge in [-0.15, -0.1) is 0 Å². The fraction of sp³-hybridized carbons (Fsp3) is 0.522. The molecule has 0 radical (unpaired) electrons. The molecule has 2 unspecified atom stereocenters. The molecule has 6 nitrogen and oxygen atoms in total. The molecule has 1 aliphatic rings. The lowest BCUT2D eigenvalue weighted by Gasteiger charge is -2.36. The summed E-state index contributed by atoms with van der Waals surface area (Å²) < 4.78 is 18.9. The maximum Gasteiger partial charge on any atom is 0.302 e. The summed E-state index contributed by atoms with van der Waals surface area (Å²) in [5, 5.41) is 7.35. The zero-order valence-corrected chi connectivity index (χ0v) is 18.3. The molecule has 0 aliphatic carbocycles. The molecule has 1 aromatic carbocycles. The highest BCUT2D eigenvalue weighted by Gasteiger charge is 2.44. The monoisotopic (exact) mass is 415 g/mol. The molecule has 0 saturated carbocycles. The number of hydrogen-bond donors (Lipinski definition) is 1. The lowest BCUT2D eigenvalue weighted by molar-refractivity contribution is -0.144. The van der Waals surface area contributed by atoms with Gasteiger partial charge in [-0.25, -0.2) is 4.39 Å². The maximum atomic E-state index is 13.6. The molecule has 162 valence electrons. The Balaban J connectivity index is 2.02. The molecule has 0 fully saturated rings. The number of hydrogen-bond acceptors (Lipinski definition) is 4. The highest BCUT2D eigenvalue weighted by Crippen LogP contribution is 2.42. The van der Waals surface area contributed by atoms with Crippen LogP contribution in [-0.2, 0) is 16.0 Å². The third kappa shape index (κ3) is 4.40. The van der Waals surface area contributed by atoms with E-state index in [0.717, 1.165) is 29.7 Å². The molecule has 1 amide bonds. The van der Waals surface area contributed by atoms with E-state index in [1.807, 2.05) is 13.8 Å². The third-order valence-corrected chi connectivity index (χ3v) is 5.76. The zero-order valence-electron chi connectivity index (χ0n) is 18.3. The number of esters is 1. The van der Waals surface area contributed by atoms with E-state index >= 15 is 0 Å². The minimum atomic E-state index is -0.408. The van der Waals surface area contributed by atoms with Crippen molar-refractivity contribution in [2.75, 3.05) is 13.2 Å². The fourth-order valence-corrected chi connectivity index (χ4v) is 3.91. The number of ether oxygens (including phenoxy) is 1. The Labute approximate surface area is 176 Å². The van der Waals surface area contributed by atoms with Crippen LogP contribution >= 0.6 is 0 Å². The van der Waals surface area contributed by atoms with Crippen molar-refractivity contribution in [3.63, 3.8) is 0 Å². The van der Waals surface area contributed by atoms with Crippen LogP contribution in [0.1, 0.15) is 74.4 Å². The van der Waals surface area contributed by atoms with Gasteiger partial charge in [0.2, 0.25) is 0 Å². The van der Waals surface area contributed by atoms with Crippen LogP contribution in [0.4, 0.5) is 4.39 Å². The first-order chi connectivity index (χ1) is 14.1. The molecule has 1 aliphatic heterocycles. The van der Waals surface area contributed by atoms with E-state index in [0.29, 0.717) is 18.2 Å². The van der Waals surface area contributed by atoms with Gasteiger partial charge in [0.05, 0.1) is 18.3 Å². The SMILES string of the molecule is CCC(C)(COC(C)=O)CN1C(=O)c2[nH]nc(CC(C)C)c2C1c1ccc(F)cc1. The summed E-state index contributed by atoms with van der Waals surface area (Å²) in [5.74, 6) is -0.423. The molecule has 0 bridgehead atoms. The molecule has 2 atom stereocenters. The van der Waals surface area contributed by atoms with Crippen molar-refractivity contribution < 1.29 is 18.7 Å². The smallest absolute Gasteiger partial charge is 0.302 e. The first kappa shape index (κ1) is 22.0. The van der Waals surface area contributed by atoms with Gasteiger partial charge in [0.1, 0.15) is 11.5 Å². The van der Waals surface area contributed by atoms with Gasteiger partial charge in [-0.2, -0.15) is 5.10 Å². The maximum absolute atomic E-state index is 13.6. The predicted octanol–water partition coefficient (Wildman–Crippen LogP) is 4.27. The lowest BCUT2D eigenvalue weighted by atomic mass is 9.86.